The molecule has 1 aliphatic rings. The van der Waals surface area contributed by atoms with E-state index in [1.165, 1.54) is 0 Å². The maximum atomic E-state index is 12.3. The molecule has 0 atom stereocenters. The van der Waals surface area contributed by atoms with Gasteiger partial charge in [0.2, 0.25) is 0 Å². The summed E-state index contributed by atoms with van der Waals surface area (Å²) in [5.74, 6) is 6.00. The number of aliphatic hydroxyl groups is 1. The predicted molar refractivity (Wildman–Crippen MR) is 81.1 cm³/mol. The van der Waals surface area contributed by atoms with E-state index in [2.05, 4.69) is 11.8 Å². The fourth-order valence-electron chi connectivity index (χ4n) is 2.36. The second-order valence-electron chi connectivity index (χ2n) is 5.28. The Morgan fingerprint density at radius 3 is 2.81 bits per heavy atom. The van der Waals surface area contributed by atoms with E-state index in [1.54, 1.807) is 4.57 Å². The molecule has 108 valence electrons. The molecular weight excluding hydrogens is 264 g/mol. The standard InChI is InChI=1S/C17H18N2O2/c20-12-4-3-6-14-5-1-2-7-15(14)13-18-10-11-19(17(18)21)16-8-9-16/h1-2,5,7,10-11,16,20H,4,8-9,12-13H2. The molecule has 0 amide bonds. The first-order valence-electron chi connectivity index (χ1n) is 7.24. The molecule has 1 aliphatic carbocycles. The lowest BCUT2D eigenvalue weighted by Crippen LogP contribution is -2.24. The van der Waals surface area contributed by atoms with Crippen LogP contribution in [0.1, 0.15) is 36.4 Å². The maximum absolute atomic E-state index is 12.3. The van der Waals surface area contributed by atoms with Crippen LogP contribution in [0.25, 0.3) is 0 Å². The van der Waals surface area contributed by atoms with Crippen LogP contribution in [0.5, 0.6) is 0 Å². The number of rotatable bonds is 4. The molecule has 1 N–H and O–H groups in total. The lowest BCUT2D eigenvalue weighted by atomic mass is 10.1. The van der Waals surface area contributed by atoms with Gasteiger partial charge < -0.3 is 5.11 Å². The molecule has 0 bridgehead atoms. The summed E-state index contributed by atoms with van der Waals surface area (Å²) >= 11 is 0. The highest BCUT2D eigenvalue weighted by atomic mass is 16.2. The zero-order valence-electron chi connectivity index (χ0n) is 11.8. The summed E-state index contributed by atoms with van der Waals surface area (Å²) in [5, 5.41) is 8.80. The molecule has 0 saturated heterocycles. The summed E-state index contributed by atoms with van der Waals surface area (Å²) in [6.07, 6.45) is 6.39. The molecule has 0 spiro atoms. The minimum absolute atomic E-state index is 0.0515. The van der Waals surface area contributed by atoms with E-state index in [9.17, 15) is 4.79 Å². The molecule has 1 heterocycles. The first kappa shape index (κ1) is 13.7. The molecule has 0 radical (unpaired) electrons. The van der Waals surface area contributed by atoms with Crippen molar-refractivity contribution in [3.05, 3.63) is 58.3 Å². The minimum Gasteiger partial charge on any atom is -0.395 e. The molecule has 3 rings (SSSR count). The highest BCUT2D eigenvalue weighted by Gasteiger charge is 2.25. The zero-order chi connectivity index (χ0) is 14.7. The van der Waals surface area contributed by atoms with Crippen molar-refractivity contribution in [2.24, 2.45) is 0 Å². The highest BCUT2D eigenvalue weighted by Crippen LogP contribution is 2.33. The summed E-state index contributed by atoms with van der Waals surface area (Å²) in [5.41, 5.74) is 1.99. The Hall–Kier alpha value is -2.25. The molecule has 2 aromatic rings. The summed E-state index contributed by atoms with van der Waals surface area (Å²) in [7, 11) is 0. The summed E-state index contributed by atoms with van der Waals surface area (Å²) in [6.45, 7) is 0.599. The van der Waals surface area contributed by atoms with E-state index in [4.69, 9.17) is 5.11 Å². The van der Waals surface area contributed by atoms with Crippen LogP contribution < -0.4 is 5.69 Å². The first-order chi connectivity index (χ1) is 10.3. The number of imidazole rings is 1. The fourth-order valence-corrected chi connectivity index (χ4v) is 2.36. The van der Waals surface area contributed by atoms with Gasteiger partial charge in [0.1, 0.15) is 0 Å². The Bertz CT molecular complexity index is 742. The summed E-state index contributed by atoms with van der Waals surface area (Å²) in [4.78, 5) is 12.3. The molecule has 0 aliphatic heterocycles. The highest BCUT2D eigenvalue weighted by molar-refractivity contribution is 5.41. The van der Waals surface area contributed by atoms with Crippen molar-refractivity contribution in [2.45, 2.75) is 31.8 Å². The normalized spacial score (nSPS) is 13.8. The van der Waals surface area contributed by atoms with Gasteiger partial charge in [-0.05, 0) is 24.5 Å². The minimum atomic E-state index is 0.0515. The molecule has 1 saturated carbocycles. The van der Waals surface area contributed by atoms with Crippen molar-refractivity contribution in [3.8, 4) is 11.8 Å². The molecular formula is C17H18N2O2. The van der Waals surface area contributed by atoms with Crippen LogP contribution in [-0.2, 0) is 6.54 Å². The fraction of sp³-hybridized carbons (Fsp3) is 0.353. The van der Waals surface area contributed by atoms with Gasteiger partial charge in [-0.15, -0.1) is 0 Å². The van der Waals surface area contributed by atoms with E-state index >= 15 is 0 Å². The van der Waals surface area contributed by atoms with Crippen molar-refractivity contribution < 1.29 is 5.11 Å². The Kier molecular flexibility index (Phi) is 3.94. The molecule has 21 heavy (non-hydrogen) atoms. The number of hydrogen-bond acceptors (Lipinski definition) is 2. The number of benzene rings is 1. The van der Waals surface area contributed by atoms with Gasteiger partial charge in [-0.3, -0.25) is 9.13 Å². The molecule has 0 unspecified atom stereocenters. The third-order valence-electron chi connectivity index (χ3n) is 3.63. The zero-order valence-corrected chi connectivity index (χ0v) is 11.8. The topological polar surface area (TPSA) is 47.2 Å². The van der Waals surface area contributed by atoms with Gasteiger partial charge in [-0.1, -0.05) is 30.0 Å². The van der Waals surface area contributed by atoms with Gasteiger partial charge >= 0.3 is 5.69 Å². The van der Waals surface area contributed by atoms with Gasteiger partial charge in [-0.25, -0.2) is 4.79 Å². The van der Waals surface area contributed by atoms with Crippen LogP contribution in [0.2, 0.25) is 0 Å². The average Bonchev–Trinajstić information content (AvgIpc) is 3.27. The van der Waals surface area contributed by atoms with E-state index < -0.39 is 0 Å². The molecule has 4 heteroatoms. The number of aliphatic hydroxyl groups excluding tert-OH is 1. The SMILES string of the molecule is O=c1n(Cc2ccccc2C#CCCO)ccn1C1CC1. The molecule has 1 fully saturated rings. The second-order valence-corrected chi connectivity index (χ2v) is 5.28. The largest absolute Gasteiger partial charge is 0.395 e. The van der Waals surface area contributed by atoms with E-state index in [1.807, 2.05) is 41.2 Å². The van der Waals surface area contributed by atoms with Crippen LogP contribution >= 0.6 is 0 Å². The van der Waals surface area contributed by atoms with Gasteiger partial charge in [0.25, 0.3) is 0 Å². The van der Waals surface area contributed by atoms with Crippen molar-refractivity contribution in [1.29, 1.82) is 0 Å². The monoisotopic (exact) mass is 282 g/mol. The Morgan fingerprint density at radius 1 is 1.24 bits per heavy atom. The number of aromatic nitrogens is 2. The van der Waals surface area contributed by atoms with Crippen molar-refractivity contribution in [1.82, 2.24) is 9.13 Å². The maximum Gasteiger partial charge on any atom is 0.328 e. The van der Waals surface area contributed by atoms with E-state index in [0.717, 1.165) is 24.0 Å². The summed E-state index contributed by atoms with van der Waals surface area (Å²) in [6, 6.07) is 8.23. The quantitative estimate of drug-likeness (QED) is 0.869. The van der Waals surface area contributed by atoms with Crippen LogP contribution in [0.3, 0.4) is 0 Å². The van der Waals surface area contributed by atoms with Crippen molar-refractivity contribution in [3.63, 3.8) is 0 Å². The third kappa shape index (κ3) is 3.09. The lowest BCUT2D eigenvalue weighted by Gasteiger charge is -2.05. The molecule has 1 aromatic carbocycles. The second kappa shape index (κ2) is 6.02. The van der Waals surface area contributed by atoms with Gasteiger partial charge in [0.05, 0.1) is 13.2 Å². The Labute approximate surface area is 123 Å². The van der Waals surface area contributed by atoms with Gasteiger partial charge in [0, 0.05) is 30.4 Å². The third-order valence-corrected chi connectivity index (χ3v) is 3.63. The van der Waals surface area contributed by atoms with Crippen LogP contribution in [-0.4, -0.2) is 20.8 Å². The number of hydrogen-bond donors (Lipinski definition) is 1. The van der Waals surface area contributed by atoms with Crippen LogP contribution in [0.4, 0.5) is 0 Å². The van der Waals surface area contributed by atoms with Crippen LogP contribution in [0, 0.1) is 11.8 Å². The molecule has 1 aromatic heterocycles. The van der Waals surface area contributed by atoms with Crippen molar-refractivity contribution in [2.75, 3.05) is 6.61 Å². The Balaban J connectivity index is 1.85. The lowest BCUT2D eigenvalue weighted by molar-refractivity contribution is 0.305. The average molecular weight is 282 g/mol. The van der Waals surface area contributed by atoms with Crippen LogP contribution in [0.15, 0.2) is 41.5 Å². The number of nitrogens with zero attached hydrogens (tertiary/aromatic N) is 2. The van der Waals surface area contributed by atoms with E-state index in [0.29, 0.717) is 19.0 Å². The first-order valence-corrected chi connectivity index (χ1v) is 7.24. The Morgan fingerprint density at radius 2 is 2.05 bits per heavy atom. The van der Waals surface area contributed by atoms with Gasteiger partial charge in [0.15, 0.2) is 0 Å². The van der Waals surface area contributed by atoms with E-state index in [-0.39, 0.29) is 12.3 Å². The van der Waals surface area contributed by atoms with Gasteiger partial charge in [-0.2, -0.15) is 0 Å². The van der Waals surface area contributed by atoms with Crippen molar-refractivity contribution >= 4 is 0 Å². The predicted octanol–water partition coefficient (Wildman–Crippen LogP) is 1.77. The smallest absolute Gasteiger partial charge is 0.328 e. The summed E-state index contributed by atoms with van der Waals surface area (Å²) < 4.78 is 3.55. The molecule has 4 nitrogen and oxygen atoms in total.